The van der Waals surface area contributed by atoms with E-state index in [1.807, 2.05) is 54.6 Å². The zero-order valence-electron chi connectivity index (χ0n) is 15.5. The number of carbonyl (C=O) groups is 1. The number of fused-ring (bicyclic) bond motifs is 1. The lowest BCUT2D eigenvalue weighted by atomic mass is 9.85. The highest BCUT2D eigenvalue weighted by atomic mass is 32.2. The molecule has 0 bridgehead atoms. The van der Waals surface area contributed by atoms with Crippen LogP contribution in [0.3, 0.4) is 0 Å². The van der Waals surface area contributed by atoms with Crippen LogP contribution < -0.4 is 9.61 Å². The summed E-state index contributed by atoms with van der Waals surface area (Å²) in [7, 11) is 3.02. The molecule has 2 heterocycles. The van der Waals surface area contributed by atoms with Gasteiger partial charge in [-0.2, -0.15) is 0 Å². The molecule has 4 rings (SSSR count). The molecule has 144 valence electrons. The summed E-state index contributed by atoms with van der Waals surface area (Å²) >= 11 is 2.72. The molecule has 3 aromatic rings. The summed E-state index contributed by atoms with van der Waals surface area (Å²) < 4.78 is 12.4. The SMILES string of the molecule is COC(=O)[C@H]1CSc2c(sc(=O)n2-c2ccccc2)[C@H]1c1ccccc1OC. The van der Waals surface area contributed by atoms with Gasteiger partial charge in [-0.1, -0.05) is 47.7 Å². The normalized spacial score (nSPS) is 18.4. The number of methoxy groups -OCH3 is 2. The molecule has 7 heteroatoms. The van der Waals surface area contributed by atoms with Gasteiger partial charge in [-0.15, -0.1) is 11.8 Å². The van der Waals surface area contributed by atoms with Crippen LogP contribution in [0.25, 0.3) is 5.69 Å². The van der Waals surface area contributed by atoms with Crippen molar-refractivity contribution in [2.45, 2.75) is 10.9 Å². The fourth-order valence-electron chi connectivity index (χ4n) is 3.59. The van der Waals surface area contributed by atoms with Gasteiger partial charge in [0, 0.05) is 22.1 Å². The average Bonchev–Trinajstić information content (AvgIpc) is 3.08. The first-order valence-corrected chi connectivity index (χ1v) is 10.6. The van der Waals surface area contributed by atoms with Crippen LogP contribution in [0.15, 0.2) is 64.4 Å². The minimum absolute atomic E-state index is 0.0610. The topological polar surface area (TPSA) is 57.5 Å². The van der Waals surface area contributed by atoms with E-state index in [-0.39, 0.29) is 22.7 Å². The van der Waals surface area contributed by atoms with E-state index < -0.39 is 0 Å². The molecule has 28 heavy (non-hydrogen) atoms. The number of aromatic nitrogens is 1. The minimum Gasteiger partial charge on any atom is -0.496 e. The van der Waals surface area contributed by atoms with E-state index in [4.69, 9.17) is 9.47 Å². The monoisotopic (exact) mass is 413 g/mol. The van der Waals surface area contributed by atoms with Crippen LogP contribution in [0.5, 0.6) is 5.75 Å². The van der Waals surface area contributed by atoms with Crippen molar-refractivity contribution in [3.8, 4) is 11.4 Å². The van der Waals surface area contributed by atoms with Crippen LogP contribution >= 0.6 is 23.1 Å². The number of carbonyl (C=O) groups excluding carboxylic acids is 1. The number of nitrogens with zero attached hydrogens (tertiary/aromatic N) is 1. The Morgan fingerprint density at radius 2 is 1.79 bits per heavy atom. The van der Waals surface area contributed by atoms with Gasteiger partial charge in [-0.3, -0.25) is 14.2 Å². The van der Waals surface area contributed by atoms with E-state index in [9.17, 15) is 9.59 Å². The molecule has 0 fully saturated rings. The molecule has 2 aromatic carbocycles. The molecule has 5 nitrogen and oxygen atoms in total. The highest BCUT2D eigenvalue weighted by Gasteiger charge is 2.41. The molecule has 0 saturated carbocycles. The summed E-state index contributed by atoms with van der Waals surface area (Å²) in [5.41, 5.74) is 1.72. The van der Waals surface area contributed by atoms with Gasteiger partial charge in [0.1, 0.15) is 5.75 Å². The summed E-state index contributed by atoms with van der Waals surface area (Å²) in [6.07, 6.45) is 0. The van der Waals surface area contributed by atoms with Crippen molar-refractivity contribution < 1.29 is 14.3 Å². The molecule has 0 spiro atoms. The first-order chi connectivity index (χ1) is 13.7. The van der Waals surface area contributed by atoms with Crippen LogP contribution in [0.4, 0.5) is 0 Å². The van der Waals surface area contributed by atoms with E-state index in [0.717, 1.165) is 21.2 Å². The summed E-state index contributed by atoms with van der Waals surface area (Å²) in [5, 5.41) is 0.886. The first-order valence-electron chi connectivity index (χ1n) is 8.80. The Bertz CT molecular complexity index is 1060. The number of thioether (sulfide) groups is 1. The van der Waals surface area contributed by atoms with E-state index in [0.29, 0.717) is 11.5 Å². The Balaban J connectivity index is 1.93. The third-order valence-electron chi connectivity index (χ3n) is 4.87. The number of benzene rings is 2. The fraction of sp³-hybridized carbons (Fsp3) is 0.238. The minimum atomic E-state index is -0.388. The standard InChI is InChI=1S/C21H19NO4S2/c1-25-16-11-7-6-10-14(16)17-15(20(23)26-2)12-27-19-18(17)28-21(24)22(19)13-8-4-3-5-9-13/h3-11,15,17H,12H2,1-2H3/t15-,17-/m0/s1. The summed E-state index contributed by atoms with van der Waals surface area (Å²) in [4.78, 5) is 26.3. The van der Waals surface area contributed by atoms with Gasteiger partial charge in [-0.05, 0) is 18.2 Å². The number of ether oxygens (including phenoxy) is 2. The Labute approximate surface area is 170 Å². The molecule has 0 N–H and O–H groups in total. The number of esters is 1. The van der Waals surface area contributed by atoms with E-state index in [2.05, 4.69) is 0 Å². The second kappa shape index (κ2) is 7.85. The zero-order chi connectivity index (χ0) is 19.7. The van der Waals surface area contributed by atoms with Crippen molar-refractivity contribution in [1.82, 2.24) is 4.57 Å². The second-order valence-electron chi connectivity index (χ2n) is 6.37. The van der Waals surface area contributed by atoms with Gasteiger partial charge in [-0.25, -0.2) is 0 Å². The summed E-state index contributed by atoms with van der Waals surface area (Å²) in [6, 6.07) is 17.2. The zero-order valence-corrected chi connectivity index (χ0v) is 17.1. The number of para-hydroxylation sites is 2. The molecule has 1 aliphatic rings. The fourth-order valence-corrected chi connectivity index (χ4v) is 6.28. The Kier molecular flexibility index (Phi) is 5.28. The van der Waals surface area contributed by atoms with Crippen LogP contribution in [0.1, 0.15) is 16.4 Å². The van der Waals surface area contributed by atoms with Crippen molar-refractivity contribution in [2.24, 2.45) is 5.92 Å². The molecule has 0 radical (unpaired) electrons. The molecule has 0 amide bonds. The average molecular weight is 414 g/mol. The van der Waals surface area contributed by atoms with Crippen molar-refractivity contribution in [1.29, 1.82) is 0 Å². The predicted octanol–water partition coefficient (Wildman–Crippen LogP) is 3.93. The molecule has 1 aromatic heterocycles. The molecule has 0 unspecified atom stereocenters. The highest BCUT2D eigenvalue weighted by Crippen LogP contribution is 2.49. The lowest BCUT2D eigenvalue weighted by Gasteiger charge is -2.30. The molecular weight excluding hydrogens is 394 g/mol. The van der Waals surface area contributed by atoms with Gasteiger partial charge < -0.3 is 9.47 Å². The van der Waals surface area contributed by atoms with Crippen LogP contribution in [-0.4, -0.2) is 30.5 Å². The molecular formula is C21H19NO4S2. The van der Waals surface area contributed by atoms with Gasteiger partial charge in [0.05, 0.1) is 30.9 Å². The Morgan fingerprint density at radius 3 is 2.50 bits per heavy atom. The predicted molar refractivity (Wildman–Crippen MR) is 111 cm³/mol. The summed E-state index contributed by atoms with van der Waals surface area (Å²) in [6.45, 7) is 0. The van der Waals surface area contributed by atoms with Crippen LogP contribution in [-0.2, 0) is 9.53 Å². The lowest BCUT2D eigenvalue weighted by molar-refractivity contribution is -0.145. The van der Waals surface area contributed by atoms with Crippen molar-refractivity contribution >= 4 is 29.1 Å². The molecule has 1 aliphatic heterocycles. The molecule has 0 saturated heterocycles. The van der Waals surface area contributed by atoms with Crippen LogP contribution in [0.2, 0.25) is 0 Å². The van der Waals surface area contributed by atoms with Crippen molar-refractivity contribution in [2.75, 3.05) is 20.0 Å². The second-order valence-corrected chi connectivity index (χ2v) is 8.37. The first kappa shape index (κ1) is 18.8. The number of rotatable bonds is 4. The van der Waals surface area contributed by atoms with Crippen molar-refractivity contribution in [3.05, 3.63) is 74.7 Å². The Morgan fingerprint density at radius 1 is 1.07 bits per heavy atom. The van der Waals surface area contributed by atoms with Gasteiger partial charge in [0.2, 0.25) is 0 Å². The van der Waals surface area contributed by atoms with Gasteiger partial charge >= 0.3 is 10.8 Å². The maximum Gasteiger partial charge on any atom is 0.312 e. The van der Waals surface area contributed by atoms with Crippen LogP contribution in [0, 0.1) is 5.92 Å². The van der Waals surface area contributed by atoms with E-state index in [1.54, 1.807) is 11.7 Å². The number of hydrogen-bond donors (Lipinski definition) is 0. The van der Waals surface area contributed by atoms with Crippen molar-refractivity contribution in [3.63, 3.8) is 0 Å². The maximum atomic E-state index is 12.9. The van der Waals surface area contributed by atoms with Gasteiger partial charge in [0.25, 0.3) is 0 Å². The van der Waals surface area contributed by atoms with E-state index in [1.165, 1.54) is 30.2 Å². The lowest BCUT2D eigenvalue weighted by Crippen LogP contribution is -2.29. The third kappa shape index (κ3) is 3.14. The van der Waals surface area contributed by atoms with E-state index >= 15 is 0 Å². The number of thiazole rings is 1. The Hall–Kier alpha value is -2.51. The maximum absolute atomic E-state index is 12.9. The summed E-state index contributed by atoms with van der Waals surface area (Å²) in [5.74, 6) is 0.280. The number of hydrogen-bond acceptors (Lipinski definition) is 6. The third-order valence-corrected chi connectivity index (χ3v) is 7.23. The quantitative estimate of drug-likeness (QED) is 0.607. The molecule has 2 atom stereocenters. The van der Waals surface area contributed by atoms with Gasteiger partial charge in [0.15, 0.2) is 0 Å². The molecule has 0 aliphatic carbocycles. The smallest absolute Gasteiger partial charge is 0.312 e. The highest BCUT2D eigenvalue weighted by molar-refractivity contribution is 7.99. The largest absolute Gasteiger partial charge is 0.496 e.